The van der Waals surface area contributed by atoms with Crippen LogP contribution in [0.2, 0.25) is 0 Å². The number of aromatic nitrogens is 3. The van der Waals surface area contributed by atoms with E-state index in [9.17, 15) is 0 Å². The van der Waals surface area contributed by atoms with Gasteiger partial charge >= 0.3 is 0 Å². The van der Waals surface area contributed by atoms with Crippen LogP contribution in [0.25, 0.3) is 0 Å². The van der Waals surface area contributed by atoms with E-state index >= 15 is 0 Å². The molecule has 9 heteroatoms. The lowest BCUT2D eigenvalue weighted by atomic mass is 10.3. The zero-order chi connectivity index (χ0) is 17.9. The molecule has 1 aromatic carbocycles. The number of nitrogens with one attached hydrogen (secondary N) is 2. The highest BCUT2D eigenvalue weighted by molar-refractivity contribution is 14.0. The molecular formula is C17H26BrIN6S. The third kappa shape index (κ3) is 8.26. The summed E-state index contributed by atoms with van der Waals surface area (Å²) in [5.74, 6) is 2.78. The maximum absolute atomic E-state index is 4.55. The molecule has 0 saturated heterocycles. The zero-order valence-corrected chi connectivity index (χ0v) is 19.8. The lowest BCUT2D eigenvalue weighted by Crippen LogP contribution is -2.37. The highest BCUT2D eigenvalue weighted by atomic mass is 127. The number of unbranched alkanes of at least 4 members (excludes halogenated alkanes) is 1. The lowest BCUT2D eigenvalue weighted by molar-refractivity contribution is 0.693. The maximum atomic E-state index is 4.55. The van der Waals surface area contributed by atoms with Crippen LogP contribution >= 0.6 is 51.7 Å². The van der Waals surface area contributed by atoms with Crippen LogP contribution in [0.1, 0.15) is 25.6 Å². The lowest BCUT2D eigenvalue weighted by Gasteiger charge is -2.11. The van der Waals surface area contributed by atoms with Gasteiger partial charge in [0.05, 0.1) is 0 Å². The Morgan fingerprint density at radius 1 is 1.27 bits per heavy atom. The second-order valence-corrected chi connectivity index (χ2v) is 7.40. The van der Waals surface area contributed by atoms with E-state index < -0.39 is 0 Å². The van der Waals surface area contributed by atoms with Gasteiger partial charge in [-0.05, 0) is 53.6 Å². The molecule has 0 amide bonds. The monoisotopic (exact) mass is 552 g/mol. The molecule has 1 aromatic heterocycles. The molecule has 6 nitrogen and oxygen atoms in total. The molecule has 0 atom stereocenters. The first kappa shape index (κ1) is 23.2. The van der Waals surface area contributed by atoms with Gasteiger partial charge in [0.25, 0.3) is 0 Å². The van der Waals surface area contributed by atoms with Crippen molar-refractivity contribution in [1.29, 1.82) is 0 Å². The zero-order valence-electron chi connectivity index (χ0n) is 15.1. The van der Waals surface area contributed by atoms with Crippen LogP contribution in [0.15, 0.2) is 45.0 Å². The van der Waals surface area contributed by atoms with E-state index in [1.54, 1.807) is 11.0 Å². The minimum absolute atomic E-state index is 0. The Kier molecular flexibility index (Phi) is 11.9. The summed E-state index contributed by atoms with van der Waals surface area (Å²) in [5.41, 5.74) is 0. The Morgan fingerprint density at radius 2 is 2.08 bits per heavy atom. The van der Waals surface area contributed by atoms with Crippen molar-refractivity contribution in [1.82, 2.24) is 25.4 Å². The second-order valence-electron chi connectivity index (χ2n) is 5.41. The molecule has 0 radical (unpaired) electrons. The van der Waals surface area contributed by atoms with Crippen molar-refractivity contribution in [2.45, 2.75) is 31.2 Å². The fourth-order valence-corrected chi connectivity index (χ4v) is 3.71. The van der Waals surface area contributed by atoms with Crippen molar-refractivity contribution in [2.75, 3.05) is 18.8 Å². The SMILES string of the molecule is CCNC(=NCc1ncnn1C)NCCCCSc1ccccc1Br.I. The van der Waals surface area contributed by atoms with Gasteiger partial charge < -0.3 is 10.6 Å². The summed E-state index contributed by atoms with van der Waals surface area (Å²) in [7, 11) is 1.88. The molecule has 2 rings (SSSR count). The van der Waals surface area contributed by atoms with Crippen LogP contribution in [0, 0.1) is 0 Å². The predicted octanol–water partition coefficient (Wildman–Crippen LogP) is 3.82. The number of benzene rings is 1. The fourth-order valence-electron chi connectivity index (χ4n) is 2.13. The Labute approximate surface area is 185 Å². The minimum atomic E-state index is 0. The molecule has 0 bridgehead atoms. The van der Waals surface area contributed by atoms with Crippen LogP contribution in [0.3, 0.4) is 0 Å². The number of halogens is 2. The fraction of sp³-hybridized carbons (Fsp3) is 0.471. The van der Waals surface area contributed by atoms with Gasteiger partial charge in [0.1, 0.15) is 18.7 Å². The van der Waals surface area contributed by atoms with Crippen molar-refractivity contribution < 1.29 is 0 Å². The summed E-state index contributed by atoms with van der Waals surface area (Å²) >= 11 is 5.47. The maximum Gasteiger partial charge on any atom is 0.191 e. The van der Waals surface area contributed by atoms with E-state index in [1.165, 1.54) is 9.37 Å². The van der Waals surface area contributed by atoms with Crippen LogP contribution in [-0.4, -0.2) is 39.6 Å². The number of nitrogens with zero attached hydrogens (tertiary/aromatic N) is 4. The summed E-state index contributed by atoms with van der Waals surface area (Å²) < 4.78 is 2.91. The molecule has 0 aliphatic heterocycles. The average Bonchev–Trinajstić information content (AvgIpc) is 3.02. The normalized spacial score (nSPS) is 11.1. The van der Waals surface area contributed by atoms with Crippen LogP contribution in [0.4, 0.5) is 0 Å². The molecule has 0 aliphatic rings. The second kappa shape index (κ2) is 13.4. The van der Waals surface area contributed by atoms with Gasteiger partial charge in [-0.3, -0.25) is 4.68 Å². The van der Waals surface area contributed by atoms with Gasteiger partial charge in [0, 0.05) is 29.5 Å². The summed E-state index contributed by atoms with van der Waals surface area (Å²) in [6, 6.07) is 8.35. The van der Waals surface area contributed by atoms with Gasteiger partial charge in [-0.2, -0.15) is 5.10 Å². The molecular weight excluding hydrogens is 527 g/mol. The molecule has 0 aliphatic carbocycles. The molecule has 2 aromatic rings. The van der Waals surface area contributed by atoms with Crippen molar-refractivity contribution in [3.05, 3.63) is 40.9 Å². The smallest absolute Gasteiger partial charge is 0.191 e. The molecule has 26 heavy (non-hydrogen) atoms. The largest absolute Gasteiger partial charge is 0.357 e. The average molecular weight is 553 g/mol. The minimum Gasteiger partial charge on any atom is -0.357 e. The van der Waals surface area contributed by atoms with Crippen molar-refractivity contribution in [3.8, 4) is 0 Å². The highest BCUT2D eigenvalue weighted by Gasteiger charge is 2.02. The number of rotatable bonds is 9. The van der Waals surface area contributed by atoms with E-state index in [2.05, 4.69) is 66.8 Å². The van der Waals surface area contributed by atoms with E-state index in [1.807, 2.05) is 24.9 Å². The number of hydrogen-bond donors (Lipinski definition) is 2. The first-order chi connectivity index (χ1) is 12.2. The summed E-state index contributed by atoms with van der Waals surface area (Å²) in [6.07, 6.45) is 3.81. The number of aryl methyl sites for hydroxylation is 1. The molecule has 0 spiro atoms. The standard InChI is InChI=1S/C17H25BrN6S.HI/c1-3-19-17(21-12-16-22-13-23-24(16)2)20-10-6-7-11-25-15-9-5-4-8-14(15)18;/h4-5,8-9,13H,3,6-7,10-12H2,1-2H3,(H2,19,20,21);1H. The predicted molar refractivity (Wildman–Crippen MR) is 123 cm³/mol. The van der Waals surface area contributed by atoms with Crippen molar-refractivity contribution in [3.63, 3.8) is 0 Å². The van der Waals surface area contributed by atoms with E-state index in [0.29, 0.717) is 6.54 Å². The number of aliphatic imine (C=N–C) groups is 1. The van der Waals surface area contributed by atoms with Crippen molar-refractivity contribution >= 4 is 57.6 Å². The van der Waals surface area contributed by atoms with Crippen molar-refractivity contribution in [2.24, 2.45) is 12.0 Å². The third-order valence-corrected chi connectivity index (χ3v) is 5.60. The quantitative estimate of drug-likeness (QED) is 0.163. The van der Waals surface area contributed by atoms with Gasteiger partial charge in [-0.25, -0.2) is 9.98 Å². The molecule has 0 fully saturated rings. The number of guanidine groups is 1. The number of hydrogen-bond acceptors (Lipinski definition) is 4. The molecule has 0 unspecified atom stereocenters. The van der Waals surface area contributed by atoms with Crippen LogP contribution in [0.5, 0.6) is 0 Å². The number of thioether (sulfide) groups is 1. The van der Waals surface area contributed by atoms with Gasteiger partial charge in [-0.15, -0.1) is 35.7 Å². The first-order valence-corrected chi connectivity index (χ1v) is 10.2. The van der Waals surface area contributed by atoms with E-state index in [0.717, 1.165) is 43.5 Å². The third-order valence-electron chi connectivity index (χ3n) is 3.49. The molecule has 1 heterocycles. The first-order valence-electron chi connectivity index (χ1n) is 8.43. The van der Waals surface area contributed by atoms with Gasteiger partial charge in [-0.1, -0.05) is 12.1 Å². The summed E-state index contributed by atoms with van der Waals surface area (Å²) in [5, 5.41) is 10.7. The molecule has 0 saturated carbocycles. The van der Waals surface area contributed by atoms with E-state index in [4.69, 9.17) is 0 Å². The molecule has 2 N–H and O–H groups in total. The summed E-state index contributed by atoms with van der Waals surface area (Å²) in [6.45, 7) is 4.32. The Morgan fingerprint density at radius 3 is 2.77 bits per heavy atom. The highest BCUT2D eigenvalue weighted by Crippen LogP contribution is 2.27. The van der Waals surface area contributed by atoms with Crippen LogP contribution < -0.4 is 10.6 Å². The Bertz CT molecular complexity index is 679. The Balaban J connectivity index is 0.00000338. The van der Waals surface area contributed by atoms with Gasteiger partial charge in [0.2, 0.25) is 0 Å². The van der Waals surface area contributed by atoms with E-state index in [-0.39, 0.29) is 24.0 Å². The Hall–Kier alpha value is -0.810. The van der Waals surface area contributed by atoms with Crippen LogP contribution in [-0.2, 0) is 13.6 Å². The van der Waals surface area contributed by atoms with Gasteiger partial charge in [0.15, 0.2) is 5.96 Å². The topological polar surface area (TPSA) is 67.1 Å². The molecule has 144 valence electrons. The summed E-state index contributed by atoms with van der Waals surface area (Å²) in [4.78, 5) is 10.0.